The van der Waals surface area contributed by atoms with Gasteiger partial charge in [0.1, 0.15) is 18.4 Å². The number of halogens is 1. The highest BCUT2D eigenvalue weighted by Gasteiger charge is 2.64. The maximum Gasteiger partial charge on any atom is 0.243 e. The SMILES string of the molecule is CC(=O)c1cn(CC(=O)N2[C@H](C(=O)N[C@@H](C)C(F)=C(C)C)C[C@@]3(C)C[C@@H]23)c2c(C)nc(-c3cnc4cc(C)nn4c3)cc12. The van der Waals surface area contributed by atoms with Crippen molar-refractivity contribution >= 4 is 34.1 Å². The van der Waals surface area contributed by atoms with E-state index in [1.54, 1.807) is 47.1 Å². The van der Waals surface area contributed by atoms with Crippen LogP contribution < -0.4 is 5.32 Å². The Morgan fingerprint density at radius 2 is 1.88 bits per heavy atom. The molecule has 10 nitrogen and oxygen atoms in total. The summed E-state index contributed by atoms with van der Waals surface area (Å²) in [4.78, 5) is 51.0. The number of carbonyl (C=O) groups is 3. The maximum atomic E-state index is 14.5. The van der Waals surface area contributed by atoms with E-state index >= 15 is 0 Å². The summed E-state index contributed by atoms with van der Waals surface area (Å²) >= 11 is 0. The minimum atomic E-state index is -0.776. The molecule has 224 valence electrons. The van der Waals surface area contributed by atoms with Gasteiger partial charge in [-0.15, -0.1) is 0 Å². The predicted molar refractivity (Wildman–Crippen MR) is 160 cm³/mol. The van der Waals surface area contributed by atoms with E-state index in [-0.39, 0.29) is 41.4 Å². The Labute approximate surface area is 249 Å². The molecule has 0 unspecified atom stereocenters. The first kappa shape index (κ1) is 28.7. The Morgan fingerprint density at radius 1 is 1.14 bits per heavy atom. The molecule has 4 atom stereocenters. The van der Waals surface area contributed by atoms with Crippen LogP contribution in [0.5, 0.6) is 0 Å². The number of Topliss-reactive ketones (excluding diaryl/α,β-unsaturated/α-hetero) is 1. The lowest BCUT2D eigenvalue weighted by Crippen LogP contribution is -2.50. The van der Waals surface area contributed by atoms with Crippen LogP contribution in [0.3, 0.4) is 0 Å². The Balaban J connectivity index is 1.32. The average molecular weight is 586 g/mol. The first-order valence-corrected chi connectivity index (χ1v) is 14.6. The van der Waals surface area contributed by atoms with Gasteiger partial charge in [0.15, 0.2) is 11.4 Å². The molecule has 4 aromatic rings. The number of allylic oxidation sites excluding steroid dienone is 1. The van der Waals surface area contributed by atoms with Crippen LogP contribution in [0.4, 0.5) is 4.39 Å². The van der Waals surface area contributed by atoms with E-state index in [0.29, 0.717) is 39.8 Å². The van der Waals surface area contributed by atoms with E-state index in [0.717, 1.165) is 23.3 Å². The smallest absolute Gasteiger partial charge is 0.243 e. The summed E-state index contributed by atoms with van der Waals surface area (Å²) in [5.41, 5.74) is 5.16. The number of pyridine rings is 1. The molecule has 11 heteroatoms. The molecule has 6 rings (SSSR count). The van der Waals surface area contributed by atoms with Crippen LogP contribution in [0, 0.1) is 19.3 Å². The zero-order chi connectivity index (χ0) is 31.0. The average Bonchev–Trinajstić information content (AvgIpc) is 3.21. The highest BCUT2D eigenvalue weighted by Crippen LogP contribution is 2.59. The van der Waals surface area contributed by atoms with Gasteiger partial charge in [-0.1, -0.05) is 6.92 Å². The zero-order valence-electron chi connectivity index (χ0n) is 25.5. The molecule has 0 radical (unpaired) electrons. The monoisotopic (exact) mass is 585 g/mol. The van der Waals surface area contributed by atoms with Crippen LogP contribution in [0.1, 0.15) is 69.2 Å². The second-order valence-electron chi connectivity index (χ2n) is 12.6. The predicted octanol–water partition coefficient (Wildman–Crippen LogP) is 4.71. The molecule has 2 fully saturated rings. The molecule has 5 heterocycles. The number of fused-ring (bicyclic) bond motifs is 3. The Bertz CT molecular complexity index is 1870. The van der Waals surface area contributed by atoms with Crippen molar-refractivity contribution in [3.05, 3.63) is 59.1 Å². The standard InChI is InChI=1S/C32H36FN7O3/c1-16(2)29(33)18(4)36-31(43)25-10-32(7)11-26(32)40(25)28(42)15-38-14-23(20(6)41)22-9-24(35-19(5)30(22)38)21-12-34-27-8-17(3)37-39(27)13-21/h8-9,12-14,18,25-26H,10-11,15H2,1-7H3,(H,36,43)/t18-,25-,26+,32-/m0/s1. The quantitative estimate of drug-likeness (QED) is 0.314. The van der Waals surface area contributed by atoms with Gasteiger partial charge in [0.25, 0.3) is 0 Å². The number of nitrogens with zero attached hydrogens (tertiary/aromatic N) is 6. The number of carbonyl (C=O) groups excluding carboxylic acids is 3. The molecule has 0 spiro atoms. The number of amides is 2. The fourth-order valence-corrected chi connectivity index (χ4v) is 6.60. The molecule has 1 N–H and O–H groups in total. The molecule has 1 aliphatic heterocycles. The number of likely N-dealkylation sites (tertiary alicyclic amines) is 1. The molecule has 1 aliphatic carbocycles. The molecule has 0 bridgehead atoms. The van der Waals surface area contributed by atoms with Crippen molar-refractivity contribution in [3.8, 4) is 11.3 Å². The summed E-state index contributed by atoms with van der Waals surface area (Å²) in [6.45, 7) is 12.2. The third-order valence-electron chi connectivity index (χ3n) is 8.89. The van der Waals surface area contributed by atoms with Crippen molar-refractivity contribution < 1.29 is 18.8 Å². The summed E-state index contributed by atoms with van der Waals surface area (Å²) in [5.74, 6) is -1.09. The molecule has 43 heavy (non-hydrogen) atoms. The fourth-order valence-electron chi connectivity index (χ4n) is 6.60. The van der Waals surface area contributed by atoms with Crippen LogP contribution >= 0.6 is 0 Å². The lowest BCUT2D eigenvalue weighted by Gasteiger charge is -2.28. The number of hydrogen-bond donors (Lipinski definition) is 1. The number of rotatable bonds is 7. The Kier molecular flexibility index (Phi) is 6.74. The van der Waals surface area contributed by atoms with E-state index in [2.05, 4.69) is 22.3 Å². The fraction of sp³-hybridized carbons (Fsp3) is 0.438. The molecule has 4 aromatic heterocycles. The van der Waals surface area contributed by atoms with Gasteiger partial charge < -0.3 is 14.8 Å². The van der Waals surface area contributed by atoms with Crippen molar-refractivity contribution in [2.75, 3.05) is 0 Å². The molecule has 2 amide bonds. The van der Waals surface area contributed by atoms with Gasteiger partial charge in [-0.25, -0.2) is 13.9 Å². The third-order valence-corrected chi connectivity index (χ3v) is 8.89. The van der Waals surface area contributed by atoms with Gasteiger partial charge in [0, 0.05) is 47.2 Å². The first-order chi connectivity index (χ1) is 20.3. The largest absolute Gasteiger partial charge is 0.345 e. The lowest BCUT2D eigenvalue weighted by molar-refractivity contribution is -0.140. The highest BCUT2D eigenvalue weighted by molar-refractivity contribution is 6.08. The normalized spacial score (nSPS) is 21.6. The second kappa shape index (κ2) is 10.1. The van der Waals surface area contributed by atoms with E-state index in [1.165, 1.54) is 6.92 Å². The van der Waals surface area contributed by atoms with Gasteiger partial charge in [-0.2, -0.15) is 5.10 Å². The van der Waals surface area contributed by atoms with Crippen molar-refractivity contribution in [2.24, 2.45) is 5.41 Å². The number of aryl methyl sites for hydroxylation is 2. The van der Waals surface area contributed by atoms with Gasteiger partial charge in [-0.05, 0) is 71.4 Å². The Hall–Kier alpha value is -4.41. The van der Waals surface area contributed by atoms with E-state index < -0.39 is 12.1 Å². The Morgan fingerprint density at radius 3 is 2.58 bits per heavy atom. The van der Waals surface area contributed by atoms with Crippen LogP contribution in [0.25, 0.3) is 27.8 Å². The topological polar surface area (TPSA) is 114 Å². The van der Waals surface area contributed by atoms with Gasteiger partial charge in [0.05, 0.1) is 28.6 Å². The van der Waals surface area contributed by atoms with Crippen molar-refractivity contribution in [1.82, 2.24) is 34.4 Å². The third kappa shape index (κ3) is 4.90. The summed E-state index contributed by atoms with van der Waals surface area (Å²) in [6.07, 6.45) is 6.64. The maximum absolute atomic E-state index is 14.5. The number of ketones is 1. The van der Waals surface area contributed by atoms with Crippen molar-refractivity contribution in [3.63, 3.8) is 0 Å². The lowest BCUT2D eigenvalue weighted by atomic mass is 10.0. The summed E-state index contributed by atoms with van der Waals surface area (Å²) in [5, 5.41) is 7.90. The van der Waals surface area contributed by atoms with Crippen molar-refractivity contribution in [2.45, 2.75) is 86.0 Å². The van der Waals surface area contributed by atoms with Gasteiger partial charge in [-0.3, -0.25) is 19.4 Å². The summed E-state index contributed by atoms with van der Waals surface area (Å²) in [7, 11) is 0. The number of nitrogens with one attached hydrogen (secondary N) is 1. The molecule has 2 aliphatic rings. The van der Waals surface area contributed by atoms with E-state index in [4.69, 9.17) is 4.98 Å². The molecule has 0 aromatic carbocycles. The van der Waals surface area contributed by atoms with Crippen LogP contribution in [-0.2, 0) is 16.1 Å². The zero-order valence-corrected chi connectivity index (χ0v) is 25.5. The number of piperidine rings is 1. The molecular formula is C32H36FN7O3. The molecule has 1 saturated heterocycles. The number of aromatic nitrogens is 5. The minimum absolute atomic E-state index is 0.0485. The molecule has 1 saturated carbocycles. The van der Waals surface area contributed by atoms with E-state index in [9.17, 15) is 18.8 Å². The second-order valence-corrected chi connectivity index (χ2v) is 12.6. The van der Waals surface area contributed by atoms with Crippen molar-refractivity contribution in [1.29, 1.82) is 0 Å². The molecular weight excluding hydrogens is 549 g/mol. The minimum Gasteiger partial charge on any atom is -0.345 e. The van der Waals surface area contributed by atoms with E-state index in [1.807, 2.05) is 32.2 Å². The van der Waals surface area contributed by atoms with Gasteiger partial charge in [0.2, 0.25) is 11.8 Å². The summed E-state index contributed by atoms with van der Waals surface area (Å²) < 4.78 is 17.9. The summed E-state index contributed by atoms with van der Waals surface area (Å²) in [6, 6.07) is 2.23. The van der Waals surface area contributed by atoms with Gasteiger partial charge >= 0.3 is 0 Å². The number of hydrogen-bond acceptors (Lipinski definition) is 6. The highest BCUT2D eigenvalue weighted by atomic mass is 19.1. The van der Waals surface area contributed by atoms with Crippen LogP contribution in [0.15, 0.2) is 42.1 Å². The van der Waals surface area contributed by atoms with Crippen LogP contribution in [-0.4, -0.2) is 64.8 Å². The first-order valence-electron chi connectivity index (χ1n) is 14.6. The van der Waals surface area contributed by atoms with Crippen LogP contribution in [0.2, 0.25) is 0 Å².